The zero-order valence-corrected chi connectivity index (χ0v) is 11.1. The van der Waals surface area contributed by atoms with Gasteiger partial charge in [0.15, 0.2) is 0 Å². The monoisotopic (exact) mass is 266 g/mol. The van der Waals surface area contributed by atoms with Crippen molar-refractivity contribution >= 4 is 11.4 Å². The van der Waals surface area contributed by atoms with Crippen molar-refractivity contribution in [2.24, 2.45) is 5.92 Å². The summed E-state index contributed by atoms with van der Waals surface area (Å²) in [6.07, 6.45) is 1.24. The number of methoxy groups -OCH3 is 1. The number of non-ortho nitro benzene ring substituents is 1. The van der Waals surface area contributed by atoms with E-state index in [-0.39, 0.29) is 11.8 Å². The van der Waals surface area contributed by atoms with Gasteiger partial charge >= 0.3 is 0 Å². The molecule has 0 spiro atoms. The molecule has 1 fully saturated rings. The standard InChI is InChI=1S/C13H18N2O4/c1-9-10(3-4-19-9)8-14-11-5-12(15(16)17)7-13(6-11)18-2/h5-7,9-10,14H,3-4,8H2,1-2H3. The normalized spacial score (nSPS) is 22.2. The first kappa shape index (κ1) is 13.6. The summed E-state index contributed by atoms with van der Waals surface area (Å²) in [7, 11) is 1.50. The van der Waals surface area contributed by atoms with Crippen LogP contribution in [-0.4, -0.2) is 31.3 Å². The zero-order chi connectivity index (χ0) is 13.8. The Morgan fingerprint density at radius 3 is 2.89 bits per heavy atom. The van der Waals surface area contributed by atoms with E-state index >= 15 is 0 Å². The largest absolute Gasteiger partial charge is 0.496 e. The number of nitrogens with zero attached hydrogens (tertiary/aromatic N) is 1. The third-order valence-corrected chi connectivity index (χ3v) is 3.44. The molecule has 1 aliphatic heterocycles. The molecule has 2 rings (SSSR count). The van der Waals surface area contributed by atoms with E-state index in [9.17, 15) is 10.1 Å². The highest BCUT2D eigenvalue weighted by Gasteiger charge is 2.24. The molecule has 1 heterocycles. The lowest BCUT2D eigenvalue weighted by atomic mass is 10.0. The molecule has 2 unspecified atom stereocenters. The van der Waals surface area contributed by atoms with Crippen molar-refractivity contribution in [3.05, 3.63) is 28.3 Å². The maximum atomic E-state index is 10.8. The smallest absolute Gasteiger partial charge is 0.275 e. The van der Waals surface area contributed by atoms with Gasteiger partial charge in [0.25, 0.3) is 5.69 Å². The van der Waals surface area contributed by atoms with Gasteiger partial charge in [0, 0.05) is 36.9 Å². The van der Waals surface area contributed by atoms with Crippen LogP contribution in [-0.2, 0) is 4.74 Å². The van der Waals surface area contributed by atoms with Gasteiger partial charge in [-0.3, -0.25) is 10.1 Å². The van der Waals surface area contributed by atoms with Gasteiger partial charge in [0.05, 0.1) is 24.2 Å². The Hall–Kier alpha value is -1.82. The molecule has 1 aromatic carbocycles. The van der Waals surface area contributed by atoms with E-state index in [0.717, 1.165) is 19.6 Å². The molecule has 0 saturated carbocycles. The Morgan fingerprint density at radius 2 is 2.32 bits per heavy atom. The van der Waals surface area contributed by atoms with Crippen LogP contribution in [0.25, 0.3) is 0 Å². The summed E-state index contributed by atoms with van der Waals surface area (Å²) in [4.78, 5) is 10.4. The number of anilines is 1. The maximum absolute atomic E-state index is 10.8. The number of nitro groups is 1. The number of hydrogen-bond acceptors (Lipinski definition) is 5. The first-order chi connectivity index (χ1) is 9.10. The molecule has 1 N–H and O–H groups in total. The molecule has 0 radical (unpaired) electrons. The molecule has 2 atom stereocenters. The van der Waals surface area contributed by atoms with Crippen molar-refractivity contribution in [2.75, 3.05) is 25.6 Å². The van der Waals surface area contributed by atoms with Crippen molar-refractivity contribution in [1.29, 1.82) is 0 Å². The summed E-state index contributed by atoms with van der Waals surface area (Å²) in [5.74, 6) is 0.915. The van der Waals surface area contributed by atoms with Gasteiger partial charge in [0.1, 0.15) is 5.75 Å². The topological polar surface area (TPSA) is 73.6 Å². The Kier molecular flexibility index (Phi) is 4.21. The summed E-state index contributed by atoms with van der Waals surface area (Å²) in [5, 5.41) is 14.1. The molecule has 19 heavy (non-hydrogen) atoms. The number of ether oxygens (including phenoxy) is 2. The van der Waals surface area contributed by atoms with Crippen LogP contribution < -0.4 is 10.1 Å². The van der Waals surface area contributed by atoms with Crippen molar-refractivity contribution in [3.8, 4) is 5.75 Å². The zero-order valence-electron chi connectivity index (χ0n) is 11.1. The van der Waals surface area contributed by atoms with Gasteiger partial charge in [-0.05, 0) is 13.3 Å². The van der Waals surface area contributed by atoms with Gasteiger partial charge < -0.3 is 14.8 Å². The Bertz CT molecular complexity index is 464. The van der Waals surface area contributed by atoms with Crippen LogP contribution in [0.15, 0.2) is 18.2 Å². The average Bonchev–Trinajstić information content (AvgIpc) is 2.81. The van der Waals surface area contributed by atoms with Crippen LogP contribution in [0, 0.1) is 16.0 Å². The second-order valence-corrected chi connectivity index (χ2v) is 4.68. The van der Waals surface area contributed by atoms with Crippen LogP contribution in [0.4, 0.5) is 11.4 Å². The van der Waals surface area contributed by atoms with Gasteiger partial charge in [-0.15, -0.1) is 0 Å². The molecule has 1 aliphatic rings. The second-order valence-electron chi connectivity index (χ2n) is 4.68. The van der Waals surface area contributed by atoms with E-state index in [0.29, 0.717) is 17.4 Å². The number of hydrogen-bond donors (Lipinski definition) is 1. The van der Waals surface area contributed by atoms with E-state index in [1.165, 1.54) is 19.2 Å². The number of nitro benzene ring substituents is 1. The number of benzene rings is 1. The second kappa shape index (κ2) is 5.88. The summed E-state index contributed by atoms with van der Waals surface area (Å²) >= 11 is 0. The Balaban J connectivity index is 2.06. The predicted octanol–water partition coefficient (Wildman–Crippen LogP) is 2.44. The van der Waals surface area contributed by atoms with E-state index in [1.54, 1.807) is 6.07 Å². The van der Waals surface area contributed by atoms with E-state index in [2.05, 4.69) is 5.32 Å². The van der Waals surface area contributed by atoms with Gasteiger partial charge in [-0.25, -0.2) is 0 Å². The third-order valence-electron chi connectivity index (χ3n) is 3.44. The predicted molar refractivity (Wildman–Crippen MR) is 71.7 cm³/mol. The van der Waals surface area contributed by atoms with Gasteiger partial charge in [-0.1, -0.05) is 0 Å². The molecule has 6 heteroatoms. The minimum atomic E-state index is -0.422. The molecule has 1 saturated heterocycles. The molecule has 0 aromatic heterocycles. The number of nitrogens with one attached hydrogen (secondary N) is 1. The fraction of sp³-hybridized carbons (Fsp3) is 0.538. The molecule has 1 aromatic rings. The lowest BCUT2D eigenvalue weighted by Crippen LogP contribution is -2.20. The van der Waals surface area contributed by atoms with Crippen LogP contribution in [0.5, 0.6) is 5.75 Å². The lowest BCUT2D eigenvalue weighted by Gasteiger charge is -2.15. The van der Waals surface area contributed by atoms with E-state index < -0.39 is 4.92 Å². The maximum Gasteiger partial charge on any atom is 0.275 e. The fourth-order valence-electron chi connectivity index (χ4n) is 2.20. The molecule has 0 bridgehead atoms. The quantitative estimate of drug-likeness (QED) is 0.654. The molecular formula is C13H18N2O4. The molecule has 6 nitrogen and oxygen atoms in total. The van der Waals surface area contributed by atoms with E-state index in [4.69, 9.17) is 9.47 Å². The van der Waals surface area contributed by atoms with Gasteiger partial charge in [-0.2, -0.15) is 0 Å². The molecule has 0 aliphatic carbocycles. The fourth-order valence-corrected chi connectivity index (χ4v) is 2.20. The van der Waals surface area contributed by atoms with E-state index in [1.807, 2.05) is 6.92 Å². The third kappa shape index (κ3) is 3.35. The Labute approximate surface area is 111 Å². The van der Waals surface area contributed by atoms with Crippen molar-refractivity contribution < 1.29 is 14.4 Å². The number of rotatable bonds is 5. The summed E-state index contributed by atoms with van der Waals surface area (Å²) in [6, 6.07) is 4.68. The summed E-state index contributed by atoms with van der Waals surface area (Å²) in [6.45, 7) is 3.57. The van der Waals surface area contributed by atoms with Crippen LogP contribution in [0.2, 0.25) is 0 Å². The van der Waals surface area contributed by atoms with Gasteiger partial charge in [0.2, 0.25) is 0 Å². The first-order valence-corrected chi connectivity index (χ1v) is 6.29. The van der Waals surface area contributed by atoms with Crippen molar-refractivity contribution in [2.45, 2.75) is 19.4 Å². The minimum Gasteiger partial charge on any atom is -0.496 e. The van der Waals surface area contributed by atoms with Crippen LogP contribution in [0.3, 0.4) is 0 Å². The van der Waals surface area contributed by atoms with Crippen LogP contribution >= 0.6 is 0 Å². The van der Waals surface area contributed by atoms with Crippen LogP contribution in [0.1, 0.15) is 13.3 Å². The average molecular weight is 266 g/mol. The summed E-state index contributed by atoms with van der Waals surface area (Å²) < 4.78 is 10.6. The Morgan fingerprint density at radius 1 is 1.53 bits per heavy atom. The summed E-state index contributed by atoms with van der Waals surface area (Å²) in [5.41, 5.74) is 0.725. The van der Waals surface area contributed by atoms with Crippen molar-refractivity contribution in [3.63, 3.8) is 0 Å². The minimum absolute atomic E-state index is 0.0255. The highest BCUT2D eigenvalue weighted by molar-refractivity contribution is 5.56. The molecular weight excluding hydrogens is 248 g/mol. The highest BCUT2D eigenvalue weighted by Crippen LogP contribution is 2.27. The SMILES string of the molecule is COc1cc(NCC2CCOC2C)cc([N+](=O)[O-])c1. The highest BCUT2D eigenvalue weighted by atomic mass is 16.6. The lowest BCUT2D eigenvalue weighted by molar-refractivity contribution is -0.384. The van der Waals surface area contributed by atoms with Crippen molar-refractivity contribution in [1.82, 2.24) is 0 Å². The molecule has 0 amide bonds. The molecule has 104 valence electrons. The first-order valence-electron chi connectivity index (χ1n) is 6.29.